The van der Waals surface area contributed by atoms with Gasteiger partial charge in [0.15, 0.2) is 0 Å². The number of rotatable bonds is 1. The molecule has 3 heteroatoms. The van der Waals surface area contributed by atoms with Crippen LogP contribution in [0.2, 0.25) is 0 Å². The van der Waals surface area contributed by atoms with E-state index in [0.29, 0.717) is 5.57 Å². The fourth-order valence-electron chi connectivity index (χ4n) is 1.05. The number of nitrogens with one attached hydrogen (secondary N) is 1. The molecular formula is C7H12N2O. The molecule has 10 heavy (non-hydrogen) atoms. The van der Waals surface area contributed by atoms with Gasteiger partial charge >= 0.3 is 0 Å². The largest absolute Gasteiger partial charge is 0.330 e. The maximum atomic E-state index is 10.8. The summed E-state index contributed by atoms with van der Waals surface area (Å²) in [5.41, 5.74) is 5.77. The fraction of sp³-hybridized carbons (Fsp3) is 0.571. The highest BCUT2D eigenvalue weighted by Crippen LogP contribution is 2.20. The molecule has 0 spiro atoms. The van der Waals surface area contributed by atoms with E-state index in [1.54, 1.807) is 6.92 Å². The number of allylic oxidation sites excluding steroid dienone is 1. The van der Waals surface area contributed by atoms with E-state index in [1.165, 1.54) is 0 Å². The van der Waals surface area contributed by atoms with Crippen LogP contribution in [0.3, 0.4) is 0 Å². The topological polar surface area (TPSA) is 55.1 Å². The van der Waals surface area contributed by atoms with Gasteiger partial charge in [0.25, 0.3) is 5.91 Å². The summed E-state index contributed by atoms with van der Waals surface area (Å²) in [5.74, 6) is -0.0353. The maximum Gasteiger partial charge on any atom is 0.252 e. The molecule has 1 aliphatic rings. The molecule has 56 valence electrons. The number of β-lactam (4-membered cyclic amide) rings is 1. The third-order valence-electron chi connectivity index (χ3n) is 1.59. The van der Waals surface area contributed by atoms with Crippen LogP contribution in [0.4, 0.5) is 0 Å². The van der Waals surface area contributed by atoms with Crippen molar-refractivity contribution in [2.24, 2.45) is 5.73 Å². The van der Waals surface area contributed by atoms with E-state index in [9.17, 15) is 4.79 Å². The van der Waals surface area contributed by atoms with Gasteiger partial charge in [-0.2, -0.15) is 0 Å². The van der Waals surface area contributed by atoms with Gasteiger partial charge in [0.1, 0.15) is 5.66 Å². The molecule has 1 fully saturated rings. The molecule has 1 aliphatic heterocycles. The summed E-state index contributed by atoms with van der Waals surface area (Å²) in [7, 11) is 0. The van der Waals surface area contributed by atoms with Crippen LogP contribution in [0.5, 0.6) is 0 Å². The predicted octanol–water partition coefficient (Wildman–Crippen LogP) is 0.127. The molecule has 0 aliphatic carbocycles. The van der Waals surface area contributed by atoms with Crippen molar-refractivity contribution in [2.75, 3.05) is 0 Å². The van der Waals surface area contributed by atoms with Gasteiger partial charge in [-0.3, -0.25) is 4.79 Å². The van der Waals surface area contributed by atoms with Crippen LogP contribution in [-0.2, 0) is 4.79 Å². The molecule has 0 bridgehead atoms. The highest BCUT2D eigenvalue weighted by atomic mass is 16.2. The molecule has 1 amide bonds. The Kier molecular flexibility index (Phi) is 1.52. The van der Waals surface area contributed by atoms with Crippen molar-refractivity contribution in [1.82, 2.24) is 5.32 Å². The Balaban J connectivity index is 2.75. The Hall–Kier alpha value is -0.830. The number of carbonyl (C=O) groups is 1. The first-order chi connectivity index (χ1) is 4.58. The lowest BCUT2D eigenvalue weighted by Gasteiger charge is -2.38. The molecular weight excluding hydrogens is 128 g/mol. The first-order valence-electron chi connectivity index (χ1n) is 3.40. The van der Waals surface area contributed by atoms with Crippen LogP contribution >= 0.6 is 0 Å². The molecule has 1 atom stereocenters. The summed E-state index contributed by atoms with van der Waals surface area (Å²) in [5, 5.41) is 2.59. The quantitative estimate of drug-likeness (QED) is 0.401. The highest BCUT2D eigenvalue weighted by molar-refractivity contribution is 6.03. The minimum Gasteiger partial charge on any atom is -0.330 e. The summed E-state index contributed by atoms with van der Waals surface area (Å²) in [6.45, 7) is 3.77. The standard InChI is InChI=1S/C7H12N2O/c1-3-4-5-6(10)9-7(5,2)8/h4H,3,8H2,1-2H3,(H,9,10)/b5-4-. The molecule has 1 unspecified atom stereocenters. The summed E-state index contributed by atoms with van der Waals surface area (Å²) < 4.78 is 0. The Morgan fingerprint density at radius 1 is 1.80 bits per heavy atom. The van der Waals surface area contributed by atoms with Gasteiger partial charge in [0, 0.05) is 0 Å². The van der Waals surface area contributed by atoms with E-state index in [0.717, 1.165) is 6.42 Å². The van der Waals surface area contributed by atoms with Crippen molar-refractivity contribution >= 4 is 5.91 Å². The average Bonchev–Trinajstić information content (AvgIpc) is 1.82. The van der Waals surface area contributed by atoms with Crippen molar-refractivity contribution in [2.45, 2.75) is 25.9 Å². The minimum atomic E-state index is -0.576. The second kappa shape index (κ2) is 2.09. The van der Waals surface area contributed by atoms with Crippen LogP contribution < -0.4 is 11.1 Å². The Morgan fingerprint density at radius 2 is 2.40 bits per heavy atom. The normalized spacial score (nSPS) is 35.5. The molecule has 1 rings (SSSR count). The average molecular weight is 140 g/mol. The molecule has 0 radical (unpaired) electrons. The lowest BCUT2D eigenvalue weighted by Crippen LogP contribution is -2.67. The third-order valence-corrected chi connectivity index (χ3v) is 1.59. The highest BCUT2D eigenvalue weighted by Gasteiger charge is 2.40. The van der Waals surface area contributed by atoms with Crippen LogP contribution in [0, 0.1) is 0 Å². The van der Waals surface area contributed by atoms with Crippen molar-refractivity contribution < 1.29 is 4.79 Å². The van der Waals surface area contributed by atoms with E-state index in [-0.39, 0.29) is 5.91 Å². The first kappa shape index (κ1) is 7.28. The molecule has 0 aromatic rings. The van der Waals surface area contributed by atoms with Gasteiger partial charge in [0.2, 0.25) is 0 Å². The Morgan fingerprint density at radius 3 is 2.60 bits per heavy atom. The molecule has 0 aromatic heterocycles. The van der Waals surface area contributed by atoms with Crippen LogP contribution in [0.1, 0.15) is 20.3 Å². The van der Waals surface area contributed by atoms with Gasteiger partial charge < -0.3 is 11.1 Å². The Labute approximate surface area is 60.3 Å². The number of carbonyl (C=O) groups excluding carboxylic acids is 1. The summed E-state index contributed by atoms with van der Waals surface area (Å²) >= 11 is 0. The monoisotopic (exact) mass is 140 g/mol. The number of amides is 1. The van der Waals surface area contributed by atoms with Gasteiger partial charge in [-0.25, -0.2) is 0 Å². The minimum absolute atomic E-state index is 0.0353. The smallest absolute Gasteiger partial charge is 0.252 e. The van der Waals surface area contributed by atoms with E-state index in [2.05, 4.69) is 5.32 Å². The maximum absolute atomic E-state index is 10.8. The van der Waals surface area contributed by atoms with E-state index < -0.39 is 5.66 Å². The zero-order valence-electron chi connectivity index (χ0n) is 6.27. The van der Waals surface area contributed by atoms with Crippen molar-refractivity contribution in [3.63, 3.8) is 0 Å². The Bertz CT molecular complexity index is 194. The first-order valence-corrected chi connectivity index (χ1v) is 3.40. The van der Waals surface area contributed by atoms with E-state index in [1.807, 2.05) is 13.0 Å². The lowest BCUT2D eigenvalue weighted by atomic mass is 9.92. The molecule has 0 saturated carbocycles. The summed E-state index contributed by atoms with van der Waals surface area (Å²) in [4.78, 5) is 10.8. The molecule has 0 aromatic carbocycles. The van der Waals surface area contributed by atoms with Gasteiger partial charge in [-0.1, -0.05) is 13.0 Å². The van der Waals surface area contributed by atoms with Crippen molar-refractivity contribution in [1.29, 1.82) is 0 Å². The van der Waals surface area contributed by atoms with Gasteiger partial charge in [-0.05, 0) is 13.3 Å². The van der Waals surface area contributed by atoms with Gasteiger partial charge in [-0.15, -0.1) is 0 Å². The van der Waals surface area contributed by atoms with E-state index in [4.69, 9.17) is 5.73 Å². The predicted molar refractivity (Wildman–Crippen MR) is 39.1 cm³/mol. The number of hydrogen-bond donors (Lipinski definition) is 2. The zero-order chi connectivity index (χ0) is 7.78. The molecule has 1 heterocycles. The van der Waals surface area contributed by atoms with E-state index >= 15 is 0 Å². The number of nitrogens with two attached hydrogens (primary N) is 1. The second-order valence-electron chi connectivity index (χ2n) is 2.68. The second-order valence-corrected chi connectivity index (χ2v) is 2.68. The molecule has 1 saturated heterocycles. The summed E-state index contributed by atoms with van der Waals surface area (Å²) in [6, 6.07) is 0. The number of hydrogen-bond acceptors (Lipinski definition) is 2. The SMILES string of the molecule is CC/C=C1/C(=O)NC1(C)N. The summed E-state index contributed by atoms with van der Waals surface area (Å²) in [6.07, 6.45) is 2.72. The van der Waals surface area contributed by atoms with Gasteiger partial charge in [0.05, 0.1) is 5.57 Å². The van der Waals surface area contributed by atoms with Crippen molar-refractivity contribution in [3.05, 3.63) is 11.6 Å². The van der Waals surface area contributed by atoms with Crippen molar-refractivity contribution in [3.8, 4) is 0 Å². The zero-order valence-corrected chi connectivity index (χ0v) is 6.27. The fourth-order valence-corrected chi connectivity index (χ4v) is 1.05. The van der Waals surface area contributed by atoms with Crippen LogP contribution in [0.15, 0.2) is 11.6 Å². The third kappa shape index (κ3) is 0.926. The molecule has 3 N–H and O–H groups in total. The van der Waals surface area contributed by atoms with Crippen LogP contribution in [-0.4, -0.2) is 11.6 Å². The van der Waals surface area contributed by atoms with Crippen LogP contribution in [0.25, 0.3) is 0 Å². The lowest BCUT2D eigenvalue weighted by molar-refractivity contribution is -0.124. The molecule has 3 nitrogen and oxygen atoms in total.